The maximum atomic E-state index is 12.8. The van der Waals surface area contributed by atoms with Gasteiger partial charge in [0, 0.05) is 28.5 Å². The van der Waals surface area contributed by atoms with E-state index in [2.05, 4.69) is 15.0 Å². The first-order chi connectivity index (χ1) is 12.8. The fourth-order valence-electron chi connectivity index (χ4n) is 2.10. The molecule has 0 aliphatic carbocycles. The van der Waals surface area contributed by atoms with Crippen molar-refractivity contribution in [2.75, 3.05) is 12.8 Å². The standard InChI is InChI=1S/C16H12ClF3N4OS2/c1-25-11-3-2-8(4-10(11)17)14-22-6-9(27-14)7-26-13-5-12(21)23-15(24-13)16(18,19)20/h2-6H,7H2,1H3,(H2,21,23,24). The molecule has 5 nitrogen and oxygen atoms in total. The van der Waals surface area contributed by atoms with E-state index in [0.717, 1.165) is 27.2 Å². The summed E-state index contributed by atoms with van der Waals surface area (Å²) in [5.74, 6) is -0.509. The van der Waals surface area contributed by atoms with Gasteiger partial charge in [0.15, 0.2) is 0 Å². The van der Waals surface area contributed by atoms with Crippen LogP contribution in [0.5, 0.6) is 5.75 Å². The Balaban J connectivity index is 1.74. The third-order valence-electron chi connectivity index (χ3n) is 3.29. The van der Waals surface area contributed by atoms with Crippen LogP contribution in [0.25, 0.3) is 10.6 Å². The summed E-state index contributed by atoms with van der Waals surface area (Å²) in [6.07, 6.45) is -2.98. The van der Waals surface area contributed by atoms with Crippen molar-refractivity contribution in [2.45, 2.75) is 17.0 Å². The Kier molecular flexibility index (Phi) is 5.78. The lowest BCUT2D eigenvalue weighted by Gasteiger charge is -2.07. The van der Waals surface area contributed by atoms with Crippen molar-refractivity contribution in [3.05, 3.63) is 46.2 Å². The second-order valence-corrected chi connectivity index (χ2v) is 7.74. The highest BCUT2D eigenvalue weighted by Gasteiger charge is 2.35. The number of hydrogen-bond acceptors (Lipinski definition) is 7. The van der Waals surface area contributed by atoms with Gasteiger partial charge in [-0.15, -0.1) is 23.1 Å². The van der Waals surface area contributed by atoms with Gasteiger partial charge in [-0.2, -0.15) is 13.2 Å². The maximum absolute atomic E-state index is 12.8. The summed E-state index contributed by atoms with van der Waals surface area (Å²) in [6.45, 7) is 0. The predicted octanol–water partition coefficient (Wildman–Crippen LogP) is 5.16. The van der Waals surface area contributed by atoms with Gasteiger partial charge in [0.25, 0.3) is 0 Å². The molecule has 0 amide bonds. The quantitative estimate of drug-likeness (QED) is 0.443. The largest absolute Gasteiger partial charge is 0.495 e. The fraction of sp³-hybridized carbons (Fsp3) is 0.188. The van der Waals surface area contributed by atoms with Gasteiger partial charge < -0.3 is 10.5 Å². The zero-order valence-corrected chi connectivity index (χ0v) is 16.1. The Hall–Kier alpha value is -2.04. The molecule has 2 heterocycles. The molecular weight excluding hydrogens is 421 g/mol. The number of hydrogen-bond donors (Lipinski definition) is 1. The number of nitrogen functional groups attached to an aromatic ring is 1. The van der Waals surface area contributed by atoms with E-state index in [1.165, 1.54) is 24.5 Å². The fourth-order valence-corrected chi connectivity index (χ4v) is 4.19. The van der Waals surface area contributed by atoms with E-state index < -0.39 is 12.0 Å². The van der Waals surface area contributed by atoms with Gasteiger partial charge >= 0.3 is 6.18 Å². The first kappa shape index (κ1) is 19.7. The Bertz CT molecular complexity index is 965. The van der Waals surface area contributed by atoms with Crippen LogP contribution in [0.1, 0.15) is 10.7 Å². The molecule has 3 aromatic rings. The van der Waals surface area contributed by atoms with E-state index in [0.29, 0.717) is 16.5 Å². The molecular formula is C16H12ClF3N4OS2. The van der Waals surface area contributed by atoms with E-state index in [1.807, 2.05) is 6.07 Å². The van der Waals surface area contributed by atoms with E-state index >= 15 is 0 Å². The van der Waals surface area contributed by atoms with E-state index in [9.17, 15) is 13.2 Å². The number of nitrogens with two attached hydrogens (primary N) is 1. The zero-order valence-electron chi connectivity index (χ0n) is 13.7. The predicted molar refractivity (Wildman–Crippen MR) is 100 cm³/mol. The minimum Gasteiger partial charge on any atom is -0.495 e. The first-order valence-corrected chi connectivity index (χ1v) is 9.57. The number of anilines is 1. The van der Waals surface area contributed by atoms with Crippen LogP contribution >= 0.6 is 34.7 Å². The minimum atomic E-state index is -4.64. The molecule has 0 radical (unpaired) electrons. The molecule has 0 unspecified atom stereocenters. The van der Waals surface area contributed by atoms with Crippen LogP contribution in [0.4, 0.5) is 19.0 Å². The second kappa shape index (κ2) is 7.91. The third-order valence-corrected chi connectivity index (χ3v) is 5.78. The van der Waals surface area contributed by atoms with Crippen molar-refractivity contribution in [2.24, 2.45) is 0 Å². The van der Waals surface area contributed by atoms with E-state index in [1.54, 1.807) is 18.3 Å². The average molecular weight is 433 g/mol. The molecule has 2 aromatic heterocycles. The number of nitrogens with zero attached hydrogens (tertiary/aromatic N) is 3. The van der Waals surface area contributed by atoms with Crippen molar-refractivity contribution in [1.82, 2.24) is 15.0 Å². The van der Waals surface area contributed by atoms with Crippen LogP contribution in [0, 0.1) is 0 Å². The zero-order chi connectivity index (χ0) is 19.6. The molecule has 3 rings (SSSR count). The van der Waals surface area contributed by atoms with Crippen molar-refractivity contribution in [1.29, 1.82) is 0 Å². The lowest BCUT2D eigenvalue weighted by molar-refractivity contribution is -0.145. The van der Waals surface area contributed by atoms with Crippen LogP contribution in [0.2, 0.25) is 5.02 Å². The molecule has 0 saturated carbocycles. The Morgan fingerprint density at radius 1 is 1.26 bits per heavy atom. The van der Waals surface area contributed by atoms with Crippen molar-refractivity contribution < 1.29 is 17.9 Å². The molecule has 1 aromatic carbocycles. The van der Waals surface area contributed by atoms with Crippen LogP contribution in [-0.2, 0) is 11.9 Å². The molecule has 0 saturated heterocycles. The number of aromatic nitrogens is 3. The number of rotatable bonds is 5. The van der Waals surface area contributed by atoms with Crippen LogP contribution in [0.3, 0.4) is 0 Å². The van der Waals surface area contributed by atoms with Gasteiger partial charge in [0.1, 0.15) is 21.6 Å². The highest BCUT2D eigenvalue weighted by atomic mass is 35.5. The van der Waals surface area contributed by atoms with E-state index in [-0.39, 0.29) is 10.8 Å². The topological polar surface area (TPSA) is 73.9 Å². The summed E-state index contributed by atoms with van der Waals surface area (Å²) < 4.78 is 43.4. The Morgan fingerprint density at radius 3 is 2.70 bits per heavy atom. The summed E-state index contributed by atoms with van der Waals surface area (Å²) >= 11 is 8.67. The normalized spacial score (nSPS) is 11.6. The summed E-state index contributed by atoms with van der Waals surface area (Å²) in [7, 11) is 1.53. The summed E-state index contributed by atoms with van der Waals surface area (Å²) in [5, 5.41) is 1.36. The second-order valence-electron chi connectivity index (χ2n) is 5.22. The molecule has 27 heavy (non-hydrogen) atoms. The summed E-state index contributed by atoms with van der Waals surface area (Å²) in [4.78, 5) is 11.9. The first-order valence-electron chi connectivity index (χ1n) is 7.39. The molecule has 142 valence electrons. The van der Waals surface area contributed by atoms with Gasteiger partial charge in [-0.1, -0.05) is 11.6 Å². The lowest BCUT2D eigenvalue weighted by atomic mass is 10.2. The number of thiazole rings is 1. The molecule has 0 atom stereocenters. The molecule has 2 N–H and O–H groups in total. The van der Waals surface area contributed by atoms with Gasteiger partial charge in [-0.3, -0.25) is 0 Å². The number of alkyl halides is 3. The van der Waals surface area contributed by atoms with Gasteiger partial charge in [-0.05, 0) is 18.2 Å². The third kappa shape index (κ3) is 4.82. The minimum absolute atomic E-state index is 0.150. The van der Waals surface area contributed by atoms with Crippen molar-refractivity contribution in [3.63, 3.8) is 0 Å². The molecule has 0 aliphatic rings. The summed E-state index contributed by atoms with van der Waals surface area (Å²) in [5.41, 5.74) is 6.27. The molecule has 0 aliphatic heterocycles. The molecule has 0 bridgehead atoms. The van der Waals surface area contributed by atoms with Crippen molar-refractivity contribution in [3.8, 4) is 16.3 Å². The summed E-state index contributed by atoms with van der Waals surface area (Å²) in [6, 6.07) is 6.64. The monoisotopic (exact) mass is 432 g/mol. The Morgan fingerprint density at radius 2 is 2.04 bits per heavy atom. The van der Waals surface area contributed by atoms with Gasteiger partial charge in [0.2, 0.25) is 5.82 Å². The molecule has 11 heteroatoms. The molecule has 0 fully saturated rings. The number of benzene rings is 1. The number of thioether (sulfide) groups is 1. The number of halogens is 4. The van der Waals surface area contributed by atoms with Gasteiger partial charge in [0.05, 0.1) is 12.1 Å². The van der Waals surface area contributed by atoms with Gasteiger partial charge in [-0.25, -0.2) is 15.0 Å². The highest BCUT2D eigenvalue weighted by Crippen LogP contribution is 2.34. The molecule has 0 spiro atoms. The highest BCUT2D eigenvalue weighted by molar-refractivity contribution is 7.98. The Labute approximate surface area is 165 Å². The number of ether oxygens (including phenoxy) is 1. The maximum Gasteiger partial charge on any atom is 0.451 e. The van der Waals surface area contributed by atoms with Crippen LogP contribution < -0.4 is 10.5 Å². The lowest BCUT2D eigenvalue weighted by Crippen LogP contribution is -2.12. The SMILES string of the molecule is COc1ccc(-c2ncc(CSc3cc(N)nc(C(F)(F)F)n3)s2)cc1Cl. The number of methoxy groups -OCH3 is 1. The van der Waals surface area contributed by atoms with Crippen LogP contribution in [0.15, 0.2) is 35.5 Å². The van der Waals surface area contributed by atoms with E-state index in [4.69, 9.17) is 22.1 Å². The average Bonchev–Trinajstić information content (AvgIpc) is 3.08. The smallest absolute Gasteiger partial charge is 0.451 e. The van der Waals surface area contributed by atoms with Crippen molar-refractivity contribution >= 4 is 40.5 Å². The van der Waals surface area contributed by atoms with Crippen LogP contribution in [-0.4, -0.2) is 22.1 Å².